The molecule has 0 aromatic rings. The van der Waals surface area contributed by atoms with Crippen LogP contribution in [0.5, 0.6) is 0 Å². The Bertz CT molecular complexity index is 168. The molecule has 0 saturated carbocycles. The minimum atomic E-state index is 0.537. The largest absolute Gasteiger partial charge is 0.493 e. The second-order valence-electron chi connectivity index (χ2n) is 1.83. The van der Waals surface area contributed by atoms with Crippen LogP contribution in [0.3, 0.4) is 0 Å². The summed E-state index contributed by atoms with van der Waals surface area (Å²) in [5.74, 6) is 1.15. The molecule has 0 aliphatic heterocycles. The smallest absolute Gasteiger partial charge is 0.160 e. The number of rotatable bonds is 5. The van der Waals surface area contributed by atoms with E-state index in [0.29, 0.717) is 18.1 Å². The van der Waals surface area contributed by atoms with Gasteiger partial charge in [-0.2, -0.15) is 0 Å². The quantitative estimate of drug-likeness (QED) is 0.446. The average molecular weight is 154 g/mol. The first-order chi connectivity index (χ1) is 5.26. The topological polar surface area (TPSA) is 18.5 Å². The van der Waals surface area contributed by atoms with Gasteiger partial charge in [-0.25, -0.2) is 0 Å². The summed E-state index contributed by atoms with van der Waals surface area (Å²) in [7, 11) is 1.57. The molecule has 11 heavy (non-hydrogen) atoms. The third-order valence-corrected chi connectivity index (χ3v) is 1.08. The predicted octanol–water partition coefficient (Wildman–Crippen LogP) is 2.25. The minimum absolute atomic E-state index is 0.537. The summed E-state index contributed by atoms with van der Waals surface area (Å²) in [5, 5.41) is 0. The van der Waals surface area contributed by atoms with Crippen LogP contribution in [0.2, 0.25) is 0 Å². The van der Waals surface area contributed by atoms with Gasteiger partial charge in [0.2, 0.25) is 0 Å². The van der Waals surface area contributed by atoms with Gasteiger partial charge >= 0.3 is 0 Å². The van der Waals surface area contributed by atoms with Crippen LogP contribution in [-0.2, 0) is 9.47 Å². The number of hydrogen-bond acceptors (Lipinski definition) is 2. The standard InChI is InChI=1S/C9H14O2/c1-5-7-9(10-4)8(3)11-6-2/h5,7H,1,3,6H2,2,4H3/b9-7+. The maximum absolute atomic E-state index is 5.11. The molecule has 0 unspecified atom stereocenters. The zero-order chi connectivity index (χ0) is 8.69. The lowest BCUT2D eigenvalue weighted by molar-refractivity contribution is 0.188. The van der Waals surface area contributed by atoms with E-state index in [4.69, 9.17) is 9.47 Å². The Balaban J connectivity index is 4.13. The summed E-state index contributed by atoms with van der Waals surface area (Å²) in [4.78, 5) is 0. The summed E-state index contributed by atoms with van der Waals surface area (Å²) >= 11 is 0. The zero-order valence-electron chi connectivity index (χ0n) is 7.09. The van der Waals surface area contributed by atoms with Gasteiger partial charge < -0.3 is 9.47 Å². The predicted molar refractivity (Wildman–Crippen MR) is 46.1 cm³/mol. The average Bonchev–Trinajstić information content (AvgIpc) is 2.00. The molecule has 2 nitrogen and oxygen atoms in total. The number of methoxy groups -OCH3 is 1. The highest BCUT2D eigenvalue weighted by atomic mass is 16.5. The SMILES string of the molecule is C=C/C=C(/OC)C(=C)OCC. The fourth-order valence-electron chi connectivity index (χ4n) is 0.627. The maximum Gasteiger partial charge on any atom is 0.160 e. The molecule has 2 heteroatoms. The van der Waals surface area contributed by atoms with Crippen LogP contribution in [-0.4, -0.2) is 13.7 Å². The molecule has 0 rings (SSSR count). The van der Waals surface area contributed by atoms with Crippen molar-refractivity contribution in [3.05, 3.63) is 36.8 Å². The van der Waals surface area contributed by atoms with Crippen LogP contribution in [0, 0.1) is 0 Å². The lowest BCUT2D eigenvalue weighted by atomic mass is 10.4. The van der Waals surface area contributed by atoms with Crippen LogP contribution in [0.15, 0.2) is 36.8 Å². The van der Waals surface area contributed by atoms with Crippen molar-refractivity contribution >= 4 is 0 Å². The van der Waals surface area contributed by atoms with Crippen molar-refractivity contribution in [3.8, 4) is 0 Å². The van der Waals surface area contributed by atoms with E-state index in [1.54, 1.807) is 19.3 Å². The molecule has 0 N–H and O–H groups in total. The molecule has 0 heterocycles. The Morgan fingerprint density at radius 2 is 2.18 bits per heavy atom. The Kier molecular flexibility index (Phi) is 4.99. The summed E-state index contributed by atoms with van der Waals surface area (Å²) < 4.78 is 10.1. The van der Waals surface area contributed by atoms with Crippen molar-refractivity contribution in [2.24, 2.45) is 0 Å². The lowest BCUT2D eigenvalue weighted by Crippen LogP contribution is -1.95. The Morgan fingerprint density at radius 3 is 2.55 bits per heavy atom. The van der Waals surface area contributed by atoms with E-state index in [-0.39, 0.29) is 0 Å². The normalized spacial score (nSPS) is 10.5. The molecule has 0 aromatic carbocycles. The minimum Gasteiger partial charge on any atom is -0.493 e. The van der Waals surface area contributed by atoms with Gasteiger partial charge in [-0.1, -0.05) is 19.2 Å². The second-order valence-corrected chi connectivity index (χ2v) is 1.83. The van der Waals surface area contributed by atoms with Gasteiger partial charge in [0.15, 0.2) is 11.5 Å². The molecule has 0 bridgehead atoms. The van der Waals surface area contributed by atoms with Crippen molar-refractivity contribution in [3.63, 3.8) is 0 Å². The highest BCUT2D eigenvalue weighted by molar-refractivity contribution is 5.20. The van der Waals surface area contributed by atoms with Crippen LogP contribution >= 0.6 is 0 Å². The third-order valence-electron chi connectivity index (χ3n) is 1.08. The molecular formula is C9H14O2. The van der Waals surface area contributed by atoms with Gasteiger partial charge in [-0.15, -0.1) is 0 Å². The van der Waals surface area contributed by atoms with Crippen LogP contribution in [0.4, 0.5) is 0 Å². The van der Waals surface area contributed by atoms with Gasteiger partial charge in [0.25, 0.3) is 0 Å². The van der Waals surface area contributed by atoms with Crippen molar-refractivity contribution in [1.29, 1.82) is 0 Å². The number of hydrogen-bond donors (Lipinski definition) is 0. The first-order valence-corrected chi connectivity index (χ1v) is 3.45. The molecule has 0 radical (unpaired) electrons. The number of ether oxygens (including phenoxy) is 2. The van der Waals surface area contributed by atoms with Crippen molar-refractivity contribution in [1.82, 2.24) is 0 Å². The van der Waals surface area contributed by atoms with E-state index >= 15 is 0 Å². The first-order valence-electron chi connectivity index (χ1n) is 3.45. The highest BCUT2D eigenvalue weighted by Gasteiger charge is 1.99. The maximum atomic E-state index is 5.11. The lowest BCUT2D eigenvalue weighted by Gasteiger charge is -2.08. The number of allylic oxidation sites excluding steroid dienone is 2. The van der Waals surface area contributed by atoms with Crippen molar-refractivity contribution in [2.45, 2.75) is 6.92 Å². The monoisotopic (exact) mass is 154 g/mol. The molecule has 0 amide bonds. The van der Waals surface area contributed by atoms with E-state index in [0.717, 1.165) is 0 Å². The van der Waals surface area contributed by atoms with Gasteiger partial charge in [-0.05, 0) is 13.0 Å². The van der Waals surface area contributed by atoms with Gasteiger partial charge in [0.1, 0.15) is 0 Å². The Labute approximate surface area is 67.8 Å². The van der Waals surface area contributed by atoms with Gasteiger partial charge in [0, 0.05) is 0 Å². The van der Waals surface area contributed by atoms with Crippen LogP contribution < -0.4 is 0 Å². The Hall–Kier alpha value is -1.18. The van der Waals surface area contributed by atoms with E-state index in [2.05, 4.69) is 13.2 Å². The third kappa shape index (κ3) is 3.50. The molecule has 0 saturated heterocycles. The second kappa shape index (κ2) is 5.59. The molecule has 0 atom stereocenters. The van der Waals surface area contributed by atoms with Crippen LogP contribution in [0.1, 0.15) is 6.92 Å². The molecule has 0 fully saturated rings. The highest BCUT2D eigenvalue weighted by Crippen LogP contribution is 2.09. The Morgan fingerprint density at radius 1 is 1.55 bits per heavy atom. The van der Waals surface area contributed by atoms with Crippen molar-refractivity contribution < 1.29 is 9.47 Å². The fraction of sp³-hybridized carbons (Fsp3) is 0.333. The van der Waals surface area contributed by atoms with E-state index in [1.165, 1.54) is 0 Å². The summed E-state index contributed by atoms with van der Waals surface area (Å²) in [6.07, 6.45) is 3.33. The summed E-state index contributed by atoms with van der Waals surface area (Å²) in [5.41, 5.74) is 0. The molecule has 0 spiro atoms. The van der Waals surface area contributed by atoms with Crippen molar-refractivity contribution in [2.75, 3.05) is 13.7 Å². The molecular weight excluding hydrogens is 140 g/mol. The molecule has 0 aromatic heterocycles. The fourth-order valence-corrected chi connectivity index (χ4v) is 0.627. The van der Waals surface area contributed by atoms with Gasteiger partial charge in [-0.3, -0.25) is 0 Å². The summed E-state index contributed by atoms with van der Waals surface area (Å²) in [6, 6.07) is 0. The first kappa shape index (κ1) is 9.82. The van der Waals surface area contributed by atoms with Crippen LogP contribution in [0.25, 0.3) is 0 Å². The zero-order valence-corrected chi connectivity index (χ0v) is 7.09. The van der Waals surface area contributed by atoms with E-state index in [9.17, 15) is 0 Å². The van der Waals surface area contributed by atoms with E-state index < -0.39 is 0 Å². The molecule has 62 valence electrons. The summed E-state index contributed by atoms with van der Waals surface area (Å²) in [6.45, 7) is 9.70. The van der Waals surface area contributed by atoms with Gasteiger partial charge in [0.05, 0.1) is 13.7 Å². The molecule has 0 aliphatic carbocycles. The molecule has 0 aliphatic rings. The van der Waals surface area contributed by atoms with E-state index in [1.807, 2.05) is 6.92 Å².